The summed E-state index contributed by atoms with van der Waals surface area (Å²) in [6, 6.07) is 8.60. The molecule has 146 valence electrons. The molecule has 3 rings (SSSR count). The minimum Gasteiger partial charge on any atom is -0.507 e. The number of likely N-dealkylation sites (N-methyl/N-ethyl adjacent to an activating group) is 1. The molecule has 1 fully saturated rings. The predicted octanol–water partition coefficient (Wildman–Crippen LogP) is 2.68. The summed E-state index contributed by atoms with van der Waals surface area (Å²) in [5.74, 6) is -1.39. The Kier molecular flexibility index (Phi) is 5.61. The smallest absolute Gasteiger partial charge is 0.295 e. The van der Waals surface area contributed by atoms with E-state index in [1.807, 2.05) is 57.1 Å². The van der Waals surface area contributed by atoms with Crippen LogP contribution < -0.4 is 0 Å². The molecule has 0 aliphatic carbocycles. The summed E-state index contributed by atoms with van der Waals surface area (Å²) in [7, 11) is 3.82. The maximum atomic E-state index is 12.9. The number of aliphatic hydroxyl groups is 1. The first-order valence-corrected chi connectivity index (χ1v) is 9.22. The first-order valence-electron chi connectivity index (χ1n) is 9.22. The second-order valence-electron chi connectivity index (χ2n) is 7.40. The van der Waals surface area contributed by atoms with Crippen molar-refractivity contribution >= 4 is 17.4 Å². The number of hydrogen-bond acceptors (Lipinski definition) is 5. The molecule has 6 heteroatoms. The minimum absolute atomic E-state index is 0.116. The van der Waals surface area contributed by atoms with Crippen molar-refractivity contribution < 1.29 is 14.7 Å². The number of rotatable bonds is 5. The summed E-state index contributed by atoms with van der Waals surface area (Å²) in [6.07, 6.45) is 3.27. The maximum Gasteiger partial charge on any atom is 0.295 e. The Labute approximate surface area is 165 Å². The van der Waals surface area contributed by atoms with Crippen molar-refractivity contribution in [3.05, 3.63) is 70.6 Å². The van der Waals surface area contributed by atoms with E-state index in [-0.39, 0.29) is 11.3 Å². The van der Waals surface area contributed by atoms with Crippen LogP contribution in [0.1, 0.15) is 28.3 Å². The number of benzene rings is 1. The van der Waals surface area contributed by atoms with Crippen LogP contribution >= 0.6 is 0 Å². The number of aromatic nitrogens is 1. The highest BCUT2D eigenvalue weighted by molar-refractivity contribution is 6.46. The molecule has 1 aromatic heterocycles. The monoisotopic (exact) mass is 379 g/mol. The zero-order chi connectivity index (χ0) is 20.4. The van der Waals surface area contributed by atoms with Crippen molar-refractivity contribution in [3.63, 3.8) is 0 Å². The third kappa shape index (κ3) is 3.68. The van der Waals surface area contributed by atoms with Crippen LogP contribution in [0, 0.1) is 13.8 Å². The quantitative estimate of drug-likeness (QED) is 0.491. The molecule has 28 heavy (non-hydrogen) atoms. The van der Waals surface area contributed by atoms with Gasteiger partial charge in [-0.15, -0.1) is 0 Å². The first kappa shape index (κ1) is 19.8. The molecular formula is C22H25N3O3. The lowest BCUT2D eigenvalue weighted by molar-refractivity contribution is -0.140. The van der Waals surface area contributed by atoms with Gasteiger partial charge in [0.25, 0.3) is 11.7 Å². The summed E-state index contributed by atoms with van der Waals surface area (Å²) in [5, 5.41) is 11.1. The van der Waals surface area contributed by atoms with Gasteiger partial charge in [-0.2, -0.15) is 0 Å². The van der Waals surface area contributed by atoms with Crippen molar-refractivity contribution in [2.75, 3.05) is 27.2 Å². The fraction of sp³-hybridized carbons (Fsp3) is 0.318. The average Bonchev–Trinajstić information content (AvgIpc) is 2.93. The Hall–Kier alpha value is -2.99. The summed E-state index contributed by atoms with van der Waals surface area (Å²) in [6.45, 7) is 4.77. The number of hydrogen-bond donors (Lipinski definition) is 1. The van der Waals surface area contributed by atoms with Gasteiger partial charge in [0.15, 0.2) is 0 Å². The number of Topliss-reactive ketones (excluding diaryl/α,β-unsaturated/α-hetero) is 1. The Morgan fingerprint density at radius 3 is 2.61 bits per heavy atom. The van der Waals surface area contributed by atoms with Gasteiger partial charge >= 0.3 is 0 Å². The number of amides is 1. The fourth-order valence-corrected chi connectivity index (χ4v) is 3.44. The van der Waals surface area contributed by atoms with E-state index >= 15 is 0 Å². The summed E-state index contributed by atoms with van der Waals surface area (Å²) < 4.78 is 0. The molecule has 0 spiro atoms. The van der Waals surface area contributed by atoms with Gasteiger partial charge in [0.1, 0.15) is 5.76 Å². The van der Waals surface area contributed by atoms with Gasteiger partial charge in [-0.1, -0.05) is 23.8 Å². The number of aliphatic hydroxyl groups excluding tert-OH is 1. The van der Waals surface area contributed by atoms with Crippen LogP contribution in [0.5, 0.6) is 0 Å². The largest absolute Gasteiger partial charge is 0.507 e. The van der Waals surface area contributed by atoms with Gasteiger partial charge in [0.2, 0.25) is 0 Å². The van der Waals surface area contributed by atoms with Crippen molar-refractivity contribution in [3.8, 4) is 0 Å². The van der Waals surface area contributed by atoms with Crippen LogP contribution in [0.2, 0.25) is 0 Å². The lowest BCUT2D eigenvalue weighted by Gasteiger charge is -2.26. The predicted molar refractivity (Wildman–Crippen MR) is 108 cm³/mol. The molecule has 0 unspecified atom stereocenters. The lowest BCUT2D eigenvalue weighted by Crippen LogP contribution is -2.35. The molecule has 1 saturated heterocycles. The lowest BCUT2D eigenvalue weighted by atomic mass is 9.94. The summed E-state index contributed by atoms with van der Waals surface area (Å²) in [5.41, 5.74) is 3.19. The summed E-state index contributed by atoms with van der Waals surface area (Å²) in [4.78, 5) is 33.3. The van der Waals surface area contributed by atoms with E-state index in [2.05, 4.69) is 4.98 Å². The zero-order valence-corrected chi connectivity index (χ0v) is 16.6. The fourth-order valence-electron chi connectivity index (χ4n) is 3.44. The molecule has 1 aromatic carbocycles. The van der Waals surface area contributed by atoms with Crippen molar-refractivity contribution in [2.24, 2.45) is 0 Å². The van der Waals surface area contributed by atoms with Gasteiger partial charge in [-0.3, -0.25) is 14.6 Å². The van der Waals surface area contributed by atoms with E-state index < -0.39 is 17.7 Å². The molecule has 1 atom stereocenters. The van der Waals surface area contributed by atoms with E-state index in [0.29, 0.717) is 24.2 Å². The number of likely N-dealkylation sites (tertiary alicyclic amines) is 1. The third-order valence-electron chi connectivity index (χ3n) is 4.98. The van der Waals surface area contributed by atoms with Gasteiger partial charge in [0, 0.05) is 31.0 Å². The standard InChI is InChI=1S/C22H25N3O3/c1-14-7-8-15(2)17(12-14)20(26)18-19(16-6-5-9-23-13-16)25(11-10-24(3)4)22(28)21(18)27/h5-9,12-13,19,26H,10-11H2,1-4H3/t19-/m0/s1. The highest BCUT2D eigenvalue weighted by Gasteiger charge is 2.46. The molecule has 1 N–H and O–H groups in total. The van der Waals surface area contributed by atoms with Gasteiger partial charge in [0.05, 0.1) is 11.6 Å². The van der Waals surface area contributed by atoms with Gasteiger partial charge in [-0.05, 0) is 51.2 Å². The Morgan fingerprint density at radius 2 is 1.96 bits per heavy atom. The zero-order valence-electron chi connectivity index (χ0n) is 16.6. The molecule has 1 aliphatic rings. The maximum absolute atomic E-state index is 12.9. The van der Waals surface area contributed by atoms with Crippen molar-refractivity contribution in [1.82, 2.24) is 14.8 Å². The van der Waals surface area contributed by atoms with E-state index in [9.17, 15) is 14.7 Å². The van der Waals surface area contributed by atoms with E-state index in [4.69, 9.17) is 0 Å². The Morgan fingerprint density at radius 1 is 1.21 bits per heavy atom. The van der Waals surface area contributed by atoms with Crippen molar-refractivity contribution in [1.29, 1.82) is 0 Å². The topological polar surface area (TPSA) is 73.7 Å². The SMILES string of the molecule is Cc1ccc(C)c(C(O)=C2C(=O)C(=O)N(CCN(C)C)[C@H]2c2cccnc2)c1. The number of nitrogens with zero attached hydrogens (tertiary/aromatic N) is 3. The molecule has 6 nitrogen and oxygen atoms in total. The number of ketones is 1. The first-order chi connectivity index (χ1) is 13.3. The molecule has 2 aromatic rings. The molecule has 2 heterocycles. The number of pyridine rings is 1. The average molecular weight is 379 g/mol. The van der Waals surface area contributed by atoms with E-state index in [1.165, 1.54) is 4.90 Å². The third-order valence-corrected chi connectivity index (χ3v) is 4.98. The highest BCUT2D eigenvalue weighted by atomic mass is 16.3. The van der Waals surface area contributed by atoms with Crippen LogP contribution in [-0.4, -0.2) is 58.8 Å². The molecule has 0 bridgehead atoms. The van der Waals surface area contributed by atoms with E-state index in [1.54, 1.807) is 18.5 Å². The van der Waals surface area contributed by atoms with Crippen LogP contribution in [0.4, 0.5) is 0 Å². The minimum atomic E-state index is -0.661. The van der Waals surface area contributed by atoms with E-state index in [0.717, 1.165) is 11.1 Å². The normalized spacial score (nSPS) is 18.9. The van der Waals surface area contributed by atoms with Crippen LogP contribution in [0.15, 0.2) is 48.3 Å². The number of carbonyl (C=O) groups excluding carboxylic acids is 2. The second-order valence-corrected chi connectivity index (χ2v) is 7.40. The summed E-state index contributed by atoms with van der Waals surface area (Å²) >= 11 is 0. The Balaban J connectivity index is 2.18. The van der Waals surface area contributed by atoms with Gasteiger partial charge < -0.3 is 14.9 Å². The van der Waals surface area contributed by atoms with Crippen LogP contribution in [0.3, 0.4) is 0 Å². The molecule has 0 saturated carbocycles. The number of carbonyl (C=O) groups is 2. The molecule has 1 aliphatic heterocycles. The van der Waals surface area contributed by atoms with Gasteiger partial charge in [-0.25, -0.2) is 0 Å². The Bertz CT molecular complexity index is 935. The molecule has 0 radical (unpaired) electrons. The van der Waals surface area contributed by atoms with Crippen LogP contribution in [0.25, 0.3) is 5.76 Å². The highest BCUT2D eigenvalue weighted by Crippen LogP contribution is 2.39. The van der Waals surface area contributed by atoms with Crippen LogP contribution in [-0.2, 0) is 9.59 Å². The second kappa shape index (κ2) is 7.94. The molecule has 1 amide bonds. The number of aryl methyl sites for hydroxylation is 2. The van der Waals surface area contributed by atoms with Crippen molar-refractivity contribution in [2.45, 2.75) is 19.9 Å². The molecular weight excluding hydrogens is 354 g/mol.